The van der Waals surface area contributed by atoms with Crippen LogP contribution in [0.3, 0.4) is 0 Å². The van der Waals surface area contributed by atoms with Crippen molar-refractivity contribution in [1.82, 2.24) is 4.90 Å². The smallest absolute Gasteiger partial charge is 0.255 e. The molecule has 19 heavy (non-hydrogen) atoms. The molecule has 0 saturated carbocycles. The van der Waals surface area contributed by atoms with Crippen LogP contribution in [0.1, 0.15) is 30.1 Å². The van der Waals surface area contributed by atoms with Crippen LogP contribution >= 0.6 is 27.5 Å². The predicted molar refractivity (Wildman–Crippen MR) is 79.5 cm³/mol. The Kier molecular flexibility index (Phi) is 4.87. The summed E-state index contributed by atoms with van der Waals surface area (Å²) in [7, 11) is 0. The SMILES string of the molecule is C[C@@H]1CC[C@@H](CO)CN1C(=O)c1cccc(Br)c1Cl. The number of piperidine rings is 1. The Morgan fingerprint density at radius 3 is 2.95 bits per heavy atom. The van der Waals surface area contributed by atoms with E-state index in [0.717, 1.165) is 17.3 Å². The molecule has 104 valence electrons. The van der Waals surface area contributed by atoms with Crippen LogP contribution in [-0.4, -0.2) is 35.1 Å². The first-order chi connectivity index (χ1) is 9.04. The molecule has 2 atom stereocenters. The second-order valence-electron chi connectivity index (χ2n) is 5.03. The van der Waals surface area contributed by atoms with E-state index in [1.54, 1.807) is 12.1 Å². The Balaban J connectivity index is 2.24. The van der Waals surface area contributed by atoms with Gasteiger partial charge < -0.3 is 10.0 Å². The lowest BCUT2D eigenvalue weighted by atomic mass is 9.93. The molecule has 0 aromatic heterocycles. The minimum atomic E-state index is -0.0584. The first-order valence-corrected chi connectivity index (χ1v) is 7.57. The number of nitrogens with zero attached hydrogens (tertiary/aromatic N) is 1. The predicted octanol–water partition coefficient (Wildman–Crippen LogP) is 3.34. The van der Waals surface area contributed by atoms with Crippen molar-refractivity contribution in [2.24, 2.45) is 5.92 Å². The number of hydrogen-bond acceptors (Lipinski definition) is 2. The van der Waals surface area contributed by atoms with Gasteiger partial charge in [0.15, 0.2) is 0 Å². The Morgan fingerprint density at radius 2 is 2.26 bits per heavy atom. The van der Waals surface area contributed by atoms with E-state index in [4.69, 9.17) is 11.6 Å². The molecule has 0 radical (unpaired) electrons. The molecule has 0 spiro atoms. The van der Waals surface area contributed by atoms with Crippen molar-refractivity contribution >= 4 is 33.4 Å². The van der Waals surface area contributed by atoms with Gasteiger partial charge in [-0.25, -0.2) is 0 Å². The van der Waals surface area contributed by atoms with Gasteiger partial charge in [-0.2, -0.15) is 0 Å². The summed E-state index contributed by atoms with van der Waals surface area (Å²) in [5.74, 6) is 0.114. The molecular formula is C14H17BrClNO2. The van der Waals surface area contributed by atoms with Crippen molar-refractivity contribution < 1.29 is 9.90 Å². The summed E-state index contributed by atoms with van der Waals surface area (Å²) >= 11 is 9.52. The number of aliphatic hydroxyl groups is 1. The van der Waals surface area contributed by atoms with Gasteiger partial charge in [-0.1, -0.05) is 17.7 Å². The molecule has 5 heteroatoms. The summed E-state index contributed by atoms with van der Waals surface area (Å²) in [6.45, 7) is 2.76. The van der Waals surface area contributed by atoms with Gasteiger partial charge in [-0.15, -0.1) is 0 Å². The second-order valence-corrected chi connectivity index (χ2v) is 6.27. The largest absolute Gasteiger partial charge is 0.396 e. The van der Waals surface area contributed by atoms with Crippen molar-refractivity contribution in [3.63, 3.8) is 0 Å². The summed E-state index contributed by atoms with van der Waals surface area (Å²) in [5.41, 5.74) is 0.515. The molecule has 1 N–H and O–H groups in total. The van der Waals surface area contributed by atoms with Gasteiger partial charge in [0.1, 0.15) is 0 Å². The summed E-state index contributed by atoms with van der Waals surface area (Å²) < 4.78 is 0.725. The average Bonchev–Trinajstić information content (AvgIpc) is 2.42. The van der Waals surface area contributed by atoms with Crippen molar-refractivity contribution in [1.29, 1.82) is 0 Å². The fourth-order valence-corrected chi connectivity index (χ4v) is 3.01. The standard InChI is InChI=1S/C14H17BrClNO2/c1-9-5-6-10(8-18)7-17(9)14(19)11-3-2-4-12(15)13(11)16/h2-4,9-10,18H,5-8H2,1H3/t9-,10-/m1/s1. The number of carbonyl (C=O) groups excluding carboxylic acids is 1. The highest BCUT2D eigenvalue weighted by Crippen LogP contribution is 2.29. The highest BCUT2D eigenvalue weighted by Gasteiger charge is 2.30. The molecule has 1 aromatic rings. The lowest BCUT2D eigenvalue weighted by Gasteiger charge is -2.37. The Bertz CT molecular complexity index is 481. The summed E-state index contributed by atoms with van der Waals surface area (Å²) in [6.07, 6.45) is 1.89. The quantitative estimate of drug-likeness (QED) is 0.892. The number of amides is 1. The topological polar surface area (TPSA) is 40.5 Å². The number of hydrogen-bond donors (Lipinski definition) is 1. The van der Waals surface area contributed by atoms with E-state index in [1.807, 2.05) is 17.9 Å². The molecule has 0 aliphatic carbocycles. The Hall–Kier alpha value is -0.580. The number of halogens is 2. The molecule has 0 bridgehead atoms. The minimum Gasteiger partial charge on any atom is -0.396 e. The number of benzene rings is 1. The summed E-state index contributed by atoms with van der Waals surface area (Å²) in [6, 6.07) is 5.55. The van der Waals surface area contributed by atoms with E-state index in [0.29, 0.717) is 17.1 Å². The van der Waals surface area contributed by atoms with Gasteiger partial charge in [-0.3, -0.25) is 4.79 Å². The van der Waals surface area contributed by atoms with E-state index in [2.05, 4.69) is 15.9 Å². The van der Waals surface area contributed by atoms with Gasteiger partial charge in [0.25, 0.3) is 5.91 Å². The number of carbonyl (C=O) groups is 1. The number of aliphatic hydroxyl groups excluding tert-OH is 1. The maximum atomic E-state index is 12.6. The van der Waals surface area contributed by atoms with Crippen molar-refractivity contribution in [3.8, 4) is 0 Å². The monoisotopic (exact) mass is 345 g/mol. The number of likely N-dealkylation sites (tertiary alicyclic amines) is 1. The van der Waals surface area contributed by atoms with Gasteiger partial charge in [0, 0.05) is 23.7 Å². The molecule has 3 nitrogen and oxygen atoms in total. The first kappa shape index (κ1) is 14.8. The fraction of sp³-hybridized carbons (Fsp3) is 0.500. The molecule has 1 saturated heterocycles. The van der Waals surface area contributed by atoms with Crippen molar-refractivity contribution in [2.45, 2.75) is 25.8 Å². The van der Waals surface area contributed by atoms with Crippen molar-refractivity contribution in [3.05, 3.63) is 33.3 Å². The third-order valence-electron chi connectivity index (χ3n) is 3.68. The molecular weight excluding hydrogens is 330 g/mol. The molecule has 1 aromatic carbocycles. The summed E-state index contributed by atoms with van der Waals surface area (Å²) in [5, 5.41) is 9.72. The van der Waals surface area contributed by atoms with E-state index in [1.165, 1.54) is 0 Å². The summed E-state index contributed by atoms with van der Waals surface area (Å²) in [4.78, 5) is 14.4. The first-order valence-electron chi connectivity index (χ1n) is 6.40. The van der Waals surface area contributed by atoms with Crippen LogP contribution in [0, 0.1) is 5.92 Å². The molecule has 1 heterocycles. The van der Waals surface area contributed by atoms with Gasteiger partial charge >= 0.3 is 0 Å². The van der Waals surface area contributed by atoms with E-state index >= 15 is 0 Å². The van der Waals surface area contributed by atoms with Gasteiger partial charge in [0.2, 0.25) is 0 Å². The van der Waals surface area contributed by atoms with Crippen LogP contribution in [0.4, 0.5) is 0 Å². The van der Waals surface area contributed by atoms with E-state index < -0.39 is 0 Å². The average molecular weight is 347 g/mol. The Labute approximate surface area is 126 Å². The zero-order valence-electron chi connectivity index (χ0n) is 10.8. The van der Waals surface area contributed by atoms with Crippen LogP contribution in [0.15, 0.2) is 22.7 Å². The number of rotatable bonds is 2. The molecule has 1 fully saturated rings. The normalized spacial score (nSPS) is 23.5. The van der Waals surface area contributed by atoms with Gasteiger partial charge in [-0.05, 0) is 53.7 Å². The second kappa shape index (κ2) is 6.25. The lowest BCUT2D eigenvalue weighted by molar-refractivity contribution is 0.0489. The van der Waals surface area contributed by atoms with Crippen LogP contribution < -0.4 is 0 Å². The fourth-order valence-electron chi connectivity index (χ4n) is 2.44. The maximum Gasteiger partial charge on any atom is 0.255 e. The van der Waals surface area contributed by atoms with Crippen LogP contribution in [0.5, 0.6) is 0 Å². The lowest BCUT2D eigenvalue weighted by Crippen LogP contribution is -2.46. The Morgan fingerprint density at radius 1 is 1.53 bits per heavy atom. The zero-order chi connectivity index (χ0) is 14.0. The minimum absolute atomic E-state index is 0.0584. The maximum absolute atomic E-state index is 12.6. The molecule has 2 rings (SSSR count). The molecule has 1 aliphatic rings. The van der Waals surface area contributed by atoms with E-state index in [9.17, 15) is 9.90 Å². The highest BCUT2D eigenvalue weighted by atomic mass is 79.9. The zero-order valence-corrected chi connectivity index (χ0v) is 13.1. The third-order valence-corrected chi connectivity index (χ3v) is 4.98. The third kappa shape index (κ3) is 3.12. The van der Waals surface area contributed by atoms with Crippen LogP contribution in [0.2, 0.25) is 5.02 Å². The van der Waals surface area contributed by atoms with Crippen LogP contribution in [0.25, 0.3) is 0 Å². The molecule has 1 amide bonds. The molecule has 1 aliphatic heterocycles. The van der Waals surface area contributed by atoms with E-state index in [-0.39, 0.29) is 24.5 Å². The van der Waals surface area contributed by atoms with Gasteiger partial charge in [0.05, 0.1) is 10.6 Å². The highest BCUT2D eigenvalue weighted by molar-refractivity contribution is 9.10. The van der Waals surface area contributed by atoms with Crippen LogP contribution in [-0.2, 0) is 0 Å². The molecule has 0 unspecified atom stereocenters. The van der Waals surface area contributed by atoms with Crippen molar-refractivity contribution in [2.75, 3.05) is 13.2 Å².